The van der Waals surface area contributed by atoms with Crippen molar-refractivity contribution in [2.75, 3.05) is 19.0 Å². The van der Waals surface area contributed by atoms with Crippen molar-refractivity contribution in [3.8, 4) is 0 Å². The molecule has 24 heavy (non-hydrogen) atoms. The van der Waals surface area contributed by atoms with Gasteiger partial charge in [0.1, 0.15) is 0 Å². The SMILES string of the molecule is COCCn1ccc2cc(NC(=O)c3ccc(Cl)cc3I)ccc21. The maximum Gasteiger partial charge on any atom is 0.256 e. The first-order chi connectivity index (χ1) is 11.6. The topological polar surface area (TPSA) is 43.3 Å². The van der Waals surface area contributed by atoms with Crippen LogP contribution in [0.25, 0.3) is 10.9 Å². The molecule has 0 unspecified atom stereocenters. The van der Waals surface area contributed by atoms with Crippen LogP contribution in [0.4, 0.5) is 5.69 Å². The lowest BCUT2D eigenvalue weighted by atomic mass is 10.2. The van der Waals surface area contributed by atoms with Crippen LogP contribution in [0.2, 0.25) is 5.02 Å². The van der Waals surface area contributed by atoms with E-state index in [4.69, 9.17) is 16.3 Å². The molecule has 0 aliphatic heterocycles. The predicted molar refractivity (Wildman–Crippen MR) is 106 cm³/mol. The van der Waals surface area contributed by atoms with Gasteiger partial charge in [-0.05, 0) is 65.1 Å². The summed E-state index contributed by atoms with van der Waals surface area (Å²) < 4.78 is 8.08. The second-order valence-electron chi connectivity index (χ2n) is 5.35. The number of ether oxygens (including phenoxy) is 1. The number of rotatable bonds is 5. The molecule has 3 aromatic rings. The zero-order chi connectivity index (χ0) is 17.1. The average Bonchev–Trinajstić information content (AvgIpc) is 2.95. The predicted octanol–water partition coefficient (Wildman–Crippen LogP) is 4.80. The number of amides is 1. The van der Waals surface area contributed by atoms with E-state index in [0.717, 1.165) is 26.7 Å². The van der Waals surface area contributed by atoms with Gasteiger partial charge >= 0.3 is 0 Å². The number of methoxy groups -OCH3 is 1. The van der Waals surface area contributed by atoms with E-state index in [-0.39, 0.29) is 5.91 Å². The summed E-state index contributed by atoms with van der Waals surface area (Å²) >= 11 is 8.05. The molecule has 0 fully saturated rings. The Labute approximate surface area is 158 Å². The summed E-state index contributed by atoms with van der Waals surface area (Å²) in [5.41, 5.74) is 2.49. The van der Waals surface area contributed by atoms with Crippen molar-refractivity contribution < 1.29 is 9.53 Å². The first kappa shape index (κ1) is 17.3. The number of halogens is 2. The molecule has 4 nitrogen and oxygen atoms in total. The van der Waals surface area contributed by atoms with Crippen molar-refractivity contribution in [3.63, 3.8) is 0 Å². The van der Waals surface area contributed by atoms with Crippen LogP contribution in [0, 0.1) is 3.57 Å². The second-order valence-corrected chi connectivity index (χ2v) is 6.95. The number of nitrogens with zero attached hydrogens (tertiary/aromatic N) is 1. The average molecular weight is 455 g/mol. The van der Waals surface area contributed by atoms with E-state index in [1.165, 1.54) is 0 Å². The van der Waals surface area contributed by atoms with E-state index >= 15 is 0 Å². The van der Waals surface area contributed by atoms with E-state index in [0.29, 0.717) is 17.2 Å². The number of nitrogens with one attached hydrogen (secondary N) is 1. The molecular formula is C18H16ClIN2O2. The van der Waals surface area contributed by atoms with Crippen molar-refractivity contribution in [2.45, 2.75) is 6.54 Å². The van der Waals surface area contributed by atoms with Crippen LogP contribution in [0.5, 0.6) is 0 Å². The first-order valence-electron chi connectivity index (χ1n) is 7.43. The molecule has 0 radical (unpaired) electrons. The summed E-state index contributed by atoms with van der Waals surface area (Å²) in [7, 11) is 1.69. The van der Waals surface area contributed by atoms with Gasteiger partial charge in [-0.1, -0.05) is 11.6 Å². The maximum atomic E-state index is 12.4. The monoisotopic (exact) mass is 454 g/mol. The first-order valence-corrected chi connectivity index (χ1v) is 8.88. The van der Waals surface area contributed by atoms with Gasteiger partial charge in [-0.3, -0.25) is 4.79 Å². The number of carbonyl (C=O) groups excluding carboxylic acids is 1. The van der Waals surface area contributed by atoms with Crippen LogP contribution < -0.4 is 5.32 Å². The van der Waals surface area contributed by atoms with E-state index in [2.05, 4.69) is 32.5 Å². The Balaban J connectivity index is 1.81. The highest BCUT2D eigenvalue weighted by Gasteiger charge is 2.11. The van der Waals surface area contributed by atoms with Crippen LogP contribution in [-0.2, 0) is 11.3 Å². The van der Waals surface area contributed by atoms with E-state index in [9.17, 15) is 4.79 Å². The van der Waals surface area contributed by atoms with Gasteiger partial charge in [-0.25, -0.2) is 0 Å². The fourth-order valence-electron chi connectivity index (χ4n) is 2.53. The van der Waals surface area contributed by atoms with Crippen LogP contribution in [0.1, 0.15) is 10.4 Å². The number of fused-ring (bicyclic) bond motifs is 1. The molecule has 0 aliphatic rings. The molecule has 0 atom stereocenters. The molecule has 0 bridgehead atoms. The molecule has 1 N–H and O–H groups in total. The molecule has 0 saturated heterocycles. The summed E-state index contributed by atoms with van der Waals surface area (Å²) in [5, 5.41) is 4.64. The third kappa shape index (κ3) is 3.74. The molecule has 0 saturated carbocycles. The van der Waals surface area contributed by atoms with E-state index in [1.54, 1.807) is 25.3 Å². The Hall–Kier alpha value is -1.57. The molecule has 2 aromatic carbocycles. The van der Waals surface area contributed by atoms with Crippen LogP contribution in [0.15, 0.2) is 48.7 Å². The van der Waals surface area contributed by atoms with Crippen LogP contribution in [0.3, 0.4) is 0 Å². The number of anilines is 1. The van der Waals surface area contributed by atoms with Crippen LogP contribution in [-0.4, -0.2) is 24.2 Å². The highest BCUT2D eigenvalue weighted by molar-refractivity contribution is 14.1. The Kier molecular flexibility index (Phi) is 5.43. The molecule has 1 aromatic heterocycles. The standard InChI is InChI=1S/C18H16ClIN2O2/c1-24-9-8-22-7-6-12-10-14(3-5-17(12)22)21-18(23)15-4-2-13(19)11-16(15)20/h2-7,10-11H,8-9H2,1H3,(H,21,23). The fraction of sp³-hybridized carbons (Fsp3) is 0.167. The van der Waals surface area contributed by atoms with Crippen LogP contribution >= 0.6 is 34.2 Å². The smallest absolute Gasteiger partial charge is 0.256 e. The van der Waals surface area contributed by atoms with E-state index in [1.807, 2.05) is 30.5 Å². The van der Waals surface area contributed by atoms with Gasteiger partial charge in [0.2, 0.25) is 0 Å². The summed E-state index contributed by atoms with van der Waals surface area (Å²) in [6.45, 7) is 1.46. The Morgan fingerprint density at radius 1 is 1.25 bits per heavy atom. The van der Waals surface area contributed by atoms with Gasteiger partial charge in [0.15, 0.2) is 0 Å². The number of carbonyl (C=O) groups is 1. The van der Waals surface area contributed by atoms with Crippen molar-refractivity contribution in [2.24, 2.45) is 0 Å². The maximum absolute atomic E-state index is 12.4. The summed E-state index contributed by atoms with van der Waals surface area (Å²) in [5.74, 6) is -0.144. The zero-order valence-corrected chi connectivity index (χ0v) is 16.0. The van der Waals surface area contributed by atoms with Crippen molar-refractivity contribution in [3.05, 3.63) is 62.8 Å². The van der Waals surface area contributed by atoms with Crippen molar-refractivity contribution in [1.82, 2.24) is 4.57 Å². The summed E-state index contributed by atoms with van der Waals surface area (Å²) in [6.07, 6.45) is 2.03. The van der Waals surface area contributed by atoms with Gasteiger partial charge in [-0.2, -0.15) is 0 Å². The van der Waals surface area contributed by atoms with Gasteiger partial charge < -0.3 is 14.6 Å². The largest absolute Gasteiger partial charge is 0.383 e. The second kappa shape index (κ2) is 7.55. The lowest BCUT2D eigenvalue weighted by Gasteiger charge is -2.09. The lowest BCUT2D eigenvalue weighted by Crippen LogP contribution is -2.13. The molecular weight excluding hydrogens is 439 g/mol. The molecule has 0 aliphatic carbocycles. The van der Waals surface area contributed by atoms with Gasteiger partial charge in [-0.15, -0.1) is 0 Å². The summed E-state index contributed by atoms with van der Waals surface area (Å²) in [6, 6.07) is 13.2. The summed E-state index contributed by atoms with van der Waals surface area (Å²) in [4.78, 5) is 12.4. The minimum atomic E-state index is -0.144. The minimum Gasteiger partial charge on any atom is -0.383 e. The number of hydrogen-bond acceptors (Lipinski definition) is 2. The molecule has 6 heteroatoms. The molecule has 3 rings (SSSR count). The highest BCUT2D eigenvalue weighted by atomic mass is 127. The third-order valence-electron chi connectivity index (χ3n) is 3.74. The number of hydrogen-bond donors (Lipinski definition) is 1. The number of aromatic nitrogens is 1. The molecule has 0 spiro atoms. The quantitative estimate of drug-likeness (QED) is 0.563. The Morgan fingerprint density at radius 2 is 2.08 bits per heavy atom. The molecule has 1 heterocycles. The Morgan fingerprint density at radius 3 is 2.83 bits per heavy atom. The third-order valence-corrected chi connectivity index (χ3v) is 4.87. The highest BCUT2D eigenvalue weighted by Crippen LogP contribution is 2.23. The minimum absolute atomic E-state index is 0.144. The Bertz CT molecular complexity index is 892. The number of benzene rings is 2. The van der Waals surface area contributed by atoms with Gasteiger partial charge in [0.25, 0.3) is 5.91 Å². The lowest BCUT2D eigenvalue weighted by molar-refractivity contribution is 0.102. The van der Waals surface area contributed by atoms with Gasteiger partial charge in [0, 0.05) is 45.0 Å². The molecule has 1 amide bonds. The zero-order valence-electron chi connectivity index (χ0n) is 13.1. The van der Waals surface area contributed by atoms with E-state index < -0.39 is 0 Å². The van der Waals surface area contributed by atoms with Gasteiger partial charge in [0.05, 0.1) is 12.2 Å². The van der Waals surface area contributed by atoms with Crippen molar-refractivity contribution >= 4 is 56.7 Å². The van der Waals surface area contributed by atoms with Crippen molar-refractivity contribution in [1.29, 1.82) is 0 Å². The fourth-order valence-corrected chi connectivity index (χ4v) is 3.65. The molecule has 124 valence electrons. The normalized spacial score (nSPS) is 11.0.